The summed E-state index contributed by atoms with van der Waals surface area (Å²) in [7, 11) is 0. The highest BCUT2D eigenvalue weighted by Crippen LogP contribution is 2.39. The third-order valence-electron chi connectivity index (χ3n) is 3.50. The van der Waals surface area contributed by atoms with E-state index in [1.54, 1.807) is 25.1 Å². The summed E-state index contributed by atoms with van der Waals surface area (Å²) in [6.07, 6.45) is 0.398. The summed E-state index contributed by atoms with van der Waals surface area (Å²) in [5.74, 6) is -0.0417. The van der Waals surface area contributed by atoms with Crippen molar-refractivity contribution in [1.29, 1.82) is 0 Å². The number of carbonyl (C=O) groups is 1. The lowest BCUT2D eigenvalue weighted by molar-refractivity contribution is 0.167. The van der Waals surface area contributed by atoms with E-state index in [9.17, 15) is 9.18 Å². The second-order valence-electron chi connectivity index (χ2n) is 5.35. The van der Waals surface area contributed by atoms with Gasteiger partial charge < -0.3 is 4.52 Å². The van der Waals surface area contributed by atoms with Gasteiger partial charge >= 0.3 is 6.09 Å². The van der Waals surface area contributed by atoms with Crippen LogP contribution in [0.25, 0.3) is 11.3 Å². The maximum absolute atomic E-state index is 12.8. The Bertz CT molecular complexity index is 983. The van der Waals surface area contributed by atoms with Gasteiger partial charge in [0.2, 0.25) is 0 Å². The topological polar surface area (TPSA) is 76.7 Å². The molecule has 1 amide bonds. The molecule has 138 valence electrons. The van der Waals surface area contributed by atoms with E-state index < -0.39 is 6.09 Å². The average molecular weight is 408 g/mol. The minimum absolute atomic E-state index is 0.256. The second kappa shape index (κ2) is 8.20. The lowest BCUT2D eigenvalue weighted by Crippen LogP contribution is -2.12. The van der Waals surface area contributed by atoms with E-state index in [0.717, 1.165) is 0 Å². The maximum atomic E-state index is 12.8. The minimum Gasteiger partial charge on any atom is -0.359 e. The highest BCUT2D eigenvalue weighted by Gasteiger charge is 2.21. The molecule has 0 saturated carbocycles. The number of benzene rings is 2. The molecule has 6 nitrogen and oxygen atoms in total. The van der Waals surface area contributed by atoms with Crippen LogP contribution < -0.4 is 5.32 Å². The monoisotopic (exact) mass is 407 g/mol. The number of nitrogens with zero attached hydrogens (tertiary/aromatic N) is 2. The Kier molecular flexibility index (Phi) is 5.73. The molecule has 0 atom stereocenters. The molecule has 1 aromatic heterocycles. The number of halogens is 3. The normalized spacial score (nSPS) is 11.0. The maximum Gasteiger partial charge on any atom is 0.438 e. The molecule has 2 aromatic carbocycles. The average Bonchev–Trinajstić information content (AvgIpc) is 2.97. The van der Waals surface area contributed by atoms with Crippen LogP contribution in [0.15, 0.2) is 52.1 Å². The van der Waals surface area contributed by atoms with Gasteiger partial charge in [0.25, 0.3) is 0 Å². The van der Waals surface area contributed by atoms with Crippen molar-refractivity contribution in [2.24, 2.45) is 5.16 Å². The van der Waals surface area contributed by atoms with Crippen molar-refractivity contribution in [3.05, 3.63) is 69.7 Å². The zero-order valence-corrected chi connectivity index (χ0v) is 15.4. The fourth-order valence-corrected chi connectivity index (χ4v) is 2.80. The molecule has 9 heteroatoms. The fourth-order valence-electron chi connectivity index (χ4n) is 2.22. The lowest BCUT2D eigenvalue weighted by atomic mass is 10.1. The van der Waals surface area contributed by atoms with Gasteiger partial charge in [-0.15, -0.1) is 0 Å². The molecule has 0 aliphatic heterocycles. The number of aromatic nitrogens is 1. The first-order valence-electron chi connectivity index (χ1n) is 7.63. The molecule has 0 saturated heterocycles. The molecule has 3 rings (SSSR count). The molecule has 1 heterocycles. The van der Waals surface area contributed by atoms with Gasteiger partial charge in [-0.2, -0.15) is 0 Å². The standard InChI is InChI=1S/C18H12Cl2FN3O3/c1-10-16(17(24-26-10)15-13(19)3-2-4-14(15)20)23-18(25)27-22-9-11-5-7-12(21)8-6-11/h2-9H,1H3,(H,23,25). The molecule has 27 heavy (non-hydrogen) atoms. The lowest BCUT2D eigenvalue weighted by Gasteiger charge is -2.07. The second-order valence-corrected chi connectivity index (χ2v) is 6.16. The molecule has 0 fully saturated rings. The number of amides is 1. The summed E-state index contributed by atoms with van der Waals surface area (Å²) < 4.78 is 18.0. The molecule has 3 aromatic rings. The summed E-state index contributed by atoms with van der Waals surface area (Å²) in [4.78, 5) is 16.8. The van der Waals surface area contributed by atoms with Crippen molar-refractivity contribution in [1.82, 2.24) is 5.16 Å². The summed E-state index contributed by atoms with van der Waals surface area (Å²) in [6.45, 7) is 1.61. The number of hydrogen-bond acceptors (Lipinski definition) is 5. The quantitative estimate of drug-likeness (QED) is 0.342. The van der Waals surface area contributed by atoms with Crippen LogP contribution in [0.2, 0.25) is 10.0 Å². The van der Waals surface area contributed by atoms with Crippen molar-refractivity contribution in [3.8, 4) is 11.3 Å². The Labute approximate surface area is 163 Å². The van der Waals surface area contributed by atoms with Crippen molar-refractivity contribution in [2.75, 3.05) is 5.32 Å². The predicted octanol–water partition coefficient (Wildman–Crippen LogP) is 5.68. The molecular weight excluding hydrogens is 396 g/mol. The Balaban J connectivity index is 1.75. The molecule has 1 N–H and O–H groups in total. The van der Waals surface area contributed by atoms with Gasteiger partial charge in [0.05, 0.1) is 16.3 Å². The zero-order valence-electron chi connectivity index (χ0n) is 13.9. The highest BCUT2D eigenvalue weighted by molar-refractivity contribution is 6.39. The summed E-state index contributed by atoms with van der Waals surface area (Å²) in [6, 6.07) is 10.5. The van der Waals surface area contributed by atoms with Gasteiger partial charge in [0, 0.05) is 5.56 Å². The number of hydrogen-bond donors (Lipinski definition) is 1. The van der Waals surface area contributed by atoms with Gasteiger partial charge in [-0.05, 0) is 36.8 Å². The van der Waals surface area contributed by atoms with Crippen LogP contribution in [0.1, 0.15) is 11.3 Å². The van der Waals surface area contributed by atoms with Crippen LogP contribution in [0.3, 0.4) is 0 Å². The number of aryl methyl sites for hydroxylation is 1. The van der Waals surface area contributed by atoms with Gasteiger partial charge in [-0.1, -0.05) is 51.7 Å². The van der Waals surface area contributed by atoms with Gasteiger partial charge in [-0.25, -0.2) is 9.18 Å². The first-order chi connectivity index (χ1) is 13.0. The van der Waals surface area contributed by atoms with Crippen LogP contribution in [-0.2, 0) is 4.84 Å². The van der Waals surface area contributed by atoms with Crippen LogP contribution in [0.5, 0.6) is 0 Å². The van der Waals surface area contributed by atoms with E-state index in [4.69, 9.17) is 32.6 Å². The molecule has 0 bridgehead atoms. The van der Waals surface area contributed by atoms with E-state index in [1.807, 2.05) is 0 Å². The molecule has 0 unspecified atom stereocenters. The first kappa shape index (κ1) is 18.9. The van der Waals surface area contributed by atoms with Gasteiger partial charge in [0.15, 0.2) is 5.76 Å². The fraction of sp³-hybridized carbons (Fsp3) is 0.0556. The SMILES string of the molecule is Cc1onc(-c2c(Cl)cccc2Cl)c1NC(=O)ON=Cc1ccc(F)cc1. The largest absolute Gasteiger partial charge is 0.438 e. The first-order valence-corrected chi connectivity index (χ1v) is 8.39. The van der Waals surface area contributed by atoms with Crippen molar-refractivity contribution >= 4 is 41.2 Å². The summed E-state index contributed by atoms with van der Waals surface area (Å²) in [5.41, 5.74) is 1.51. The van der Waals surface area contributed by atoms with E-state index in [1.165, 1.54) is 30.5 Å². The summed E-state index contributed by atoms with van der Waals surface area (Å²) >= 11 is 12.4. The predicted molar refractivity (Wildman–Crippen MR) is 101 cm³/mol. The zero-order chi connectivity index (χ0) is 19.4. The van der Waals surface area contributed by atoms with E-state index in [0.29, 0.717) is 26.9 Å². The summed E-state index contributed by atoms with van der Waals surface area (Å²) in [5, 5.41) is 10.7. The van der Waals surface area contributed by atoms with Gasteiger partial charge in [-0.3, -0.25) is 10.2 Å². The van der Waals surface area contributed by atoms with Crippen molar-refractivity contribution < 1.29 is 18.5 Å². The van der Waals surface area contributed by atoms with Crippen LogP contribution in [0, 0.1) is 12.7 Å². The molecule has 0 aliphatic carbocycles. The third kappa shape index (κ3) is 4.45. The van der Waals surface area contributed by atoms with Crippen molar-refractivity contribution in [3.63, 3.8) is 0 Å². The molecule has 0 aliphatic rings. The number of anilines is 1. The van der Waals surface area contributed by atoms with E-state index in [-0.39, 0.29) is 17.2 Å². The van der Waals surface area contributed by atoms with Crippen LogP contribution in [0.4, 0.5) is 14.9 Å². The van der Waals surface area contributed by atoms with Crippen molar-refractivity contribution in [2.45, 2.75) is 6.92 Å². The highest BCUT2D eigenvalue weighted by atomic mass is 35.5. The van der Waals surface area contributed by atoms with Crippen LogP contribution in [-0.4, -0.2) is 17.5 Å². The number of oxime groups is 1. The molecule has 0 spiro atoms. The Morgan fingerprint density at radius 2 is 1.89 bits per heavy atom. The Morgan fingerprint density at radius 3 is 2.56 bits per heavy atom. The molecular formula is C18H12Cl2FN3O3. The number of carbonyl (C=O) groups excluding carboxylic acids is 1. The number of rotatable bonds is 4. The number of nitrogens with one attached hydrogen (secondary N) is 1. The Hall–Kier alpha value is -2.90. The smallest absolute Gasteiger partial charge is 0.359 e. The molecule has 0 radical (unpaired) electrons. The van der Waals surface area contributed by atoms with E-state index in [2.05, 4.69) is 15.6 Å². The van der Waals surface area contributed by atoms with E-state index >= 15 is 0 Å². The Morgan fingerprint density at radius 1 is 1.22 bits per heavy atom. The van der Waals surface area contributed by atoms with Gasteiger partial charge in [0.1, 0.15) is 17.2 Å². The minimum atomic E-state index is -0.871. The third-order valence-corrected chi connectivity index (χ3v) is 4.13. The van der Waals surface area contributed by atoms with Crippen LogP contribution >= 0.6 is 23.2 Å².